The van der Waals surface area contributed by atoms with Crippen LogP contribution in [-0.2, 0) is 10.0 Å². The number of benzene rings is 1. The first-order valence-electron chi connectivity index (χ1n) is 6.60. The topological polar surface area (TPSA) is 90.4 Å². The lowest BCUT2D eigenvalue weighted by Crippen LogP contribution is -2.13. The highest BCUT2D eigenvalue weighted by Gasteiger charge is 2.20. The van der Waals surface area contributed by atoms with Crippen LogP contribution < -0.4 is 14.2 Å². The van der Waals surface area contributed by atoms with Crippen molar-refractivity contribution in [3.05, 3.63) is 34.9 Å². The van der Waals surface area contributed by atoms with Crippen molar-refractivity contribution in [3.8, 4) is 11.5 Å². The Morgan fingerprint density at radius 2 is 1.88 bits per heavy atom. The second kappa shape index (κ2) is 6.42. The van der Waals surface area contributed by atoms with Crippen LogP contribution in [0.4, 0.5) is 5.82 Å². The molecule has 0 bridgehead atoms. The highest BCUT2D eigenvalue weighted by molar-refractivity contribution is 7.94. The number of fused-ring (bicyclic) bond motifs is 1. The van der Waals surface area contributed by atoms with Gasteiger partial charge in [0.15, 0.2) is 17.3 Å². The van der Waals surface area contributed by atoms with E-state index in [2.05, 4.69) is 14.7 Å². The fourth-order valence-corrected chi connectivity index (χ4v) is 4.29. The number of hydrogen-bond acceptors (Lipinski definition) is 7. The number of rotatable bonds is 5. The summed E-state index contributed by atoms with van der Waals surface area (Å²) in [6.07, 6.45) is 0. The molecule has 0 aliphatic carbocycles. The first-order chi connectivity index (χ1) is 11.4. The van der Waals surface area contributed by atoms with Gasteiger partial charge in [-0.1, -0.05) is 6.07 Å². The Morgan fingerprint density at radius 3 is 2.50 bits per heavy atom. The molecule has 7 nitrogen and oxygen atoms in total. The maximum atomic E-state index is 12.4. The van der Waals surface area contributed by atoms with Crippen LogP contribution in [0.25, 0.3) is 10.9 Å². The molecule has 3 rings (SSSR count). The van der Waals surface area contributed by atoms with Gasteiger partial charge in [0, 0.05) is 11.5 Å². The fraction of sp³-hybridized carbons (Fsp3) is 0.143. The number of aromatic nitrogens is 2. The van der Waals surface area contributed by atoms with Gasteiger partial charge in [-0.05, 0) is 29.1 Å². The van der Waals surface area contributed by atoms with Gasteiger partial charge < -0.3 is 9.47 Å². The van der Waals surface area contributed by atoms with Crippen molar-refractivity contribution in [2.75, 3.05) is 18.9 Å². The number of anilines is 1. The summed E-state index contributed by atoms with van der Waals surface area (Å²) in [6, 6.07) is 6.35. The molecule has 24 heavy (non-hydrogen) atoms. The predicted octanol–water partition coefficient (Wildman–Crippen LogP) is 3.16. The van der Waals surface area contributed by atoms with Crippen LogP contribution in [0.2, 0.25) is 5.28 Å². The molecule has 0 radical (unpaired) electrons. The molecule has 0 unspecified atom stereocenters. The third-order valence-electron chi connectivity index (χ3n) is 3.16. The Hall–Kier alpha value is -2.10. The molecule has 2 heterocycles. The quantitative estimate of drug-likeness (QED) is 0.678. The molecule has 0 aliphatic rings. The Morgan fingerprint density at radius 1 is 1.17 bits per heavy atom. The van der Waals surface area contributed by atoms with Crippen molar-refractivity contribution in [1.82, 2.24) is 9.97 Å². The summed E-state index contributed by atoms with van der Waals surface area (Å²) in [5.41, 5.74) is 0.427. The maximum absolute atomic E-state index is 12.4. The van der Waals surface area contributed by atoms with Gasteiger partial charge in [-0.15, -0.1) is 11.3 Å². The van der Waals surface area contributed by atoms with E-state index in [1.54, 1.807) is 23.6 Å². The van der Waals surface area contributed by atoms with E-state index in [-0.39, 0.29) is 15.3 Å². The fourth-order valence-electron chi connectivity index (χ4n) is 2.10. The number of methoxy groups -OCH3 is 2. The normalized spacial score (nSPS) is 11.5. The molecular weight excluding hydrogens is 374 g/mol. The maximum Gasteiger partial charge on any atom is 0.272 e. The highest BCUT2D eigenvalue weighted by Crippen LogP contribution is 2.35. The lowest BCUT2D eigenvalue weighted by atomic mass is 10.2. The van der Waals surface area contributed by atoms with Crippen molar-refractivity contribution in [2.45, 2.75) is 4.21 Å². The average molecular weight is 386 g/mol. The van der Waals surface area contributed by atoms with E-state index in [1.807, 2.05) is 0 Å². The van der Waals surface area contributed by atoms with E-state index in [4.69, 9.17) is 21.1 Å². The number of nitrogens with one attached hydrogen (secondary N) is 1. The summed E-state index contributed by atoms with van der Waals surface area (Å²) >= 11 is 7.02. The molecule has 1 aromatic carbocycles. The molecule has 1 N–H and O–H groups in total. The van der Waals surface area contributed by atoms with Gasteiger partial charge in [0.25, 0.3) is 10.0 Å². The number of halogens is 1. The van der Waals surface area contributed by atoms with Gasteiger partial charge in [0.2, 0.25) is 5.28 Å². The lowest BCUT2D eigenvalue weighted by molar-refractivity contribution is 0.356. The summed E-state index contributed by atoms with van der Waals surface area (Å²) in [7, 11) is -0.791. The molecular formula is C14H12ClN3O4S2. The number of hydrogen-bond donors (Lipinski definition) is 1. The molecule has 2 aromatic heterocycles. The second-order valence-electron chi connectivity index (χ2n) is 4.60. The minimum Gasteiger partial charge on any atom is -0.493 e. The second-order valence-corrected chi connectivity index (χ2v) is 7.80. The van der Waals surface area contributed by atoms with Crippen molar-refractivity contribution in [1.29, 1.82) is 0 Å². The number of sulfonamides is 1. The Kier molecular flexibility index (Phi) is 4.48. The van der Waals surface area contributed by atoms with Crippen LogP contribution in [0.1, 0.15) is 0 Å². The van der Waals surface area contributed by atoms with Crippen molar-refractivity contribution in [2.24, 2.45) is 0 Å². The Bertz CT molecular complexity index is 991. The summed E-state index contributed by atoms with van der Waals surface area (Å²) in [5, 5.41) is 2.03. The molecule has 3 aromatic rings. The third-order valence-corrected chi connectivity index (χ3v) is 6.07. The lowest BCUT2D eigenvalue weighted by Gasteiger charge is -2.12. The first kappa shape index (κ1) is 16.7. The van der Waals surface area contributed by atoms with Gasteiger partial charge in [-0.25, -0.2) is 13.4 Å². The monoisotopic (exact) mass is 385 g/mol. The molecule has 0 fully saturated rings. The zero-order chi connectivity index (χ0) is 17.3. The molecule has 0 saturated heterocycles. The third kappa shape index (κ3) is 3.10. The standard InChI is InChI=1S/C14H12ClN3O4S2/c1-21-10-6-8-9(7-11(10)22-2)16-14(15)17-13(8)18-24(19,20)12-4-3-5-23-12/h3-7H,1-2H3,(H,16,17,18). The van der Waals surface area contributed by atoms with Gasteiger partial charge in [-0.2, -0.15) is 4.98 Å². The zero-order valence-corrected chi connectivity index (χ0v) is 15.0. The largest absolute Gasteiger partial charge is 0.493 e. The van der Waals surface area contributed by atoms with E-state index >= 15 is 0 Å². The van der Waals surface area contributed by atoms with Gasteiger partial charge in [0.1, 0.15) is 4.21 Å². The van der Waals surface area contributed by atoms with Crippen LogP contribution in [0, 0.1) is 0 Å². The Balaban J connectivity index is 2.17. The van der Waals surface area contributed by atoms with Gasteiger partial charge in [-0.3, -0.25) is 4.72 Å². The predicted molar refractivity (Wildman–Crippen MR) is 92.8 cm³/mol. The average Bonchev–Trinajstić information content (AvgIpc) is 3.08. The highest BCUT2D eigenvalue weighted by atomic mass is 35.5. The van der Waals surface area contributed by atoms with Gasteiger partial charge >= 0.3 is 0 Å². The summed E-state index contributed by atoms with van der Waals surface area (Å²) in [5.74, 6) is 0.943. The Labute approximate surface area is 147 Å². The number of thiophene rings is 1. The SMILES string of the molecule is COc1cc2nc(Cl)nc(NS(=O)(=O)c3cccs3)c2cc1OC. The van der Waals surface area contributed by atoms with E-state index < -0.39 is 10.0 Å². The minimum atomic E-state index is -3.77. The van der Waals surface area contributed by atoms with E-state index in [0.717, 1.165) is 11.3 Å². The van der Waals surface area contributed by atoms with Crippen LogP contribution in [0.3, 0.4) is 0 Å². The van der Waals surface area contributed by atoms with Gasteiger partial charge in [0.05, 0.1) is 19.7 Å². The van der Waals surface area contributed by atoms with Crippen LogP contribution in [0.5, 0.6) is 11.5 Å². The van der Waals surface area contributed by atoms with E-state index in [1.165, 1.54) is 20.3 Å². The molecule has 0 saturated carbocycles. The molecule has 0 aliphatic heterocycles. The molecule has 0 spiro atoms. The summed E-state index contributed by atoms with van der Waals surface area (Å²) in [4.78, 5) is 8.10. The van der Waals surface area contributed by atoms with Crippen molar-refractivity contribution >= 4 is 49.7 Å². The van der Waals surface area contributed by atoms with Crippen LogP contribution >= 0.6 is 22.9 Å². The smallest absolute Gasteiger partial charge is 0.272 e. The van der Waals surface area contributed by atoms with Crippen molar-refractivity contribution in [3.63, 3.8) is 0 Å². The van der Waals surface area contributed by atoms with Crippen LogP contribution in [-0.4, -0.2) is 32.6 Å². The molecule has 0 atom stereocenters. The number of nitrogens with zero attached hydrogens (tertiary/aromatic N) is 2. The van der Waals surface area contributed by atoms with Crippen LogP contribution in [0.15, 0.2) is 33.9 Å². The molecule has 126 valence electrons. The number of ether oxygens (including phenoxy) is 2. The van der Waals surface area contributed by atoms with Crippen molar-refractivity contribution < 1.29 is 17.9 Å². The minimum absolute atomic E-state index is 0.0688. The summed E-state index contributed by atoms with van der Waals surface area (Å²) in [6.45, 7) is 0. The summed E-state index contributed by atoms with van der Waals surface area (Å²) < 4.78 is 37.9. The first-order valence-corrected chi connectivity index (χ1v) is 9.34. The van der Waals surface area contributed by atoms with E-state index in [0.29, 0.717) is 22.4 Å². The zero-order valence-electron chi connectivity index (χ0n) is 12.6. The van der Waals surface area contributed by atoms with E-state index in [9.17, 15) is 8.42 Å². The molecule has 0 amide bonds. The molecule has 10 heteroatoms.